The van der Waals surface area contributed by atoms with Crippen LogP contribution in [0, 0.1) is 0 Å². The number of rotatable bonds is 13. The number of nitrogens with zero attached hydrogens (tertiary/aromatic N) is 1. The second kappa shape index (κ2) is 14.2. The molecule has 0 aromatic heterocycles. The fourth-order valence-corrected chi connectivity index (χ4v) is 3.40. The topological polar surface area (TPSA) is 77.5 Å². The lowest BCUT2D eigenvalue weighted by Crippen LogP contribution is -2.64. The van der Waals surface area contributed by atoms with Gasteiger partial charge in [0.1, 0.15) is 17.9 Å². The van der Waals surface area contributed by atoms with Crippen molar-refractivity contribution in [3.05, 3.63) is 0 Å². The van der Waals surface area contributed by atoms with Crippen molar-refractivity contribution >= 4 is 6.09 Å². The first-order chi connectivity index (χ1) is 14.2. The Balaban J connectivity index is 3.06. The van der Waals surface area contributed by atoms with E-state index in [1.807, 2.05) is 20.8 Å². The van der Waals surface area contributed by atoms with Gasteiger partial charge in [0.05, 0.1) is 18.8 Å². The zero-order valence-electron chi connectivity index (χ0n) is 20.0. The van der Waals surface area contributed by atoms with Gasteiger partial charge in [-0.2, -0.15) is 0 Å². The number of unbranched alkanes of at least 4 members (excludes halogenated alkanes) is 3. The molecule has 1 saturated heterocycles. The first-order valence-corrected chi connectivity index (χ1v) is 11.7. The van der Waals surface area contributed by atoms with Crippen LogP contribution in [0.2, 0.25) is 0 Å². The van der Waals surface area contributed by atoms with E-state index >= 15 is 0 Å². The van der Waals surface area contributed by atoms with E-state index in [2.05, 4.69) is 20.8 Å². The summed E-state index contributed by atoms with van der Waals surface area (Å²) in [5.74, 6) is 0. The second-order valence-electron chi connectivity index (χ2n) is 9.05. The fourth-order valence-electron chi connectivity index (χ4n) is 3.40. The number of hydrogen-bond donors (Lipinski definition) is 1. The van der Waals surface area contributed by atoms with Gasteiger partial charge >= 0.3 is 6.09 Å². The Morgan fingerprint density at radius 3 is 2.10 bits per heavy atom. The van der Waals surface area contributed by atoms with Crippen LogP contribution in [0.1, 0.15) is 86.5 Å². The van der Waals surface area contributed by atoms with Crippen molar-refractivity contribution in [3.8, 4) is 0 Å². The molecule has 30 heavy (non-hydrogen) atoms. The second-order valence-corrected chi connectivity index (χ2v) is 9.05. The van der Waals surface area contributed by atoms with Gasteiger partial charge in [-0.05, 0) is 40.0 Å². The quantitative estimate of drug-likeness (QED) is 0.433. The smallest absolute Gasteiger partial charge is 0.412 e. The highest BCUT2D eigenvalue weighted by atomic mass is 16.6. The third kappa shape index (κ3) is 9.50. The summed E-state index contributed by atoms with van der Waals surface area (Å²) in [5, 5.41) is 10.9. The molecule has 0 spiro atoms. The largest absolute Gasteiger partial charge is 0.444 e. The highest BCUT2D eigenvalue weighted by Crippen LogP contribution is 2.30. The van der Waals surface area contributed by atoms with Gasteiger partial charge in [-0.25, -0.2) is 4.79 Å². The average Bonchev–Trinajstić information content (AvgIpc) is 2.65. The predicted octanol–water partition coefficient (Wildman–Crippen LogP) is 4.50. The van der Waals surface area contributed by atoms with Crippen LogP contribution in [0.15, 0.2) is 0 Å². The SMILES string of the molecule is CCCCOCC1[C@@H](OCCCC)[C@H](OCCCC)CC(O)N1C(=O)OC(C)(C)C. The van der Waals surface area contributed by atoms with E-state index in [9.17, 15) is 9.90 Å². The monoisotopic (exact) mass is 431 g/mol. The summed E-state index contributed by atoms with van der Waals surface area (Å²) in [6.45, 7) is 13.9. The molecule has 1 heterocycles. The van der Waals surface area contributed by atoms with E-state index in [1.165, 1.54) is 4.90 Å². The molecule has 7 nitrogen and oxygen atoms in total. The number of carbonyl (C=O) groups excluding carboxylic acids is 1. The molecule has 1 rings (SSSR count). The lowest BCUT2D eigenvalue weighted by molar-refractivity contribution is -0.191. The van der Waals surface area contributed by atoms with Crippen LogP contribution in [-0.2, 0) is 18.9 Å². The van der Waals surface area contributed by atoms with Crippen molar-refractivity contribution in [2.75, 3.05) is 26.4 Å². The van der Waals surface area contributed by atoms with E-state index < -0.39 is 24.0 Å². The summed E-state index contributed by atoms with van der Waals surface area (Å²) < 4.78 is 23.8. The van der Waals surface area contributed by atoms with E-state index in [0.29, 0.717) is 26.2 Å². The Labute approximate surface area is 183 Å². The number of aliphatic hydroxyl groups is 1. The maximum atomic E-state index is 13.0. The van der Waals surface area contributed by atoms with Gasteiger partial charge < -0.3 is 24.1 Å². The standard InChI is InChI=1S/C23H45NO6/c1-7-10-13-27-17-18-21(29-15-12-9-3)19(28-14-11-8-2)16-20(25)24(18)22(26)30-23(4,5)6/h18-21,25H,7-17H2,1-6H3/t18?,19-,20?,21-/m1/s1. The number of aliphatic hydroxyl groups excluding tert-OH is 1. The molecule has 7 heteroatoms. The minimum Gasteiger partial charge on any atom is -0.444 e. The minimum atomic E-state index is -1.00. The minimum absolute atomic E-state index is 0.279. The van der Waals surface area contributed by atoms with Crippen molar-refractivity contribution in [1.82, 2.24) is 4.90 Å². The lowest BCUT2D eigenvalue weighted by Gasteiger charge is -2.47. The van der Waals surface area contributed by atoms with Crippen LogP contribution in [0.25, 0.3) is 0 Å². The summed E-state index contributed by atoms with van der Waals surface area (Å²) in [5.41, 5.74) is -0.655. The molecule has 1 N–H and O–H groups in total. The Bertz CT molecular complexity index is 467. The Hall–Kier alpha value is -0.890. The number of ether oxygens (including phenoxy) is 4. The molecule has 178 valence electrons. The molecule has 4 atom stereocenters. The van der Waals surface area contributed by atoms with Crippen molar-refractivity contribution < 1.29 is 28.8 Å². The highest BCUT2D eigenvalue weighted by Gasteiger charge is 2.47. The first-order valence-electron chi connectivity index (χ1n) is 11.7. The zero-order valence-corrected chi connectivity index (χ0v) is 20.0. The van der Waals surface area contributed by atoms with Crippen LogP contribution in [0.3, 0.4) is 0 Å². The molecular formula is C23H45NO6. The van der Waals surface area contributed by atoms with Gasteiger partial charge in [0.25, 0.3) is 0 Å². The lowest BCUT2D eigenvalue weighted by atomic mass is 9.94. The Kier molecular flexibility index (Phi) is 12.9. The van der Waals surface area contributed by atoms with Crippen LogP contribution >= 0.6 is 0 Å². The van der Waals surface area contributed by atoms with Crippen molar-refractivity contribution in [1.29, 1.82) is 0 Å². The highest BCUT2D eigenvalue weighted by molar-refractivity contribution is 5.69. The van der Waals surface area contributed by atoms with Gasteiger partial charge in [0.15, 0.2) is 0 Å². The van der Waals surface area contributed by atoms with Crippen LogP contribution in [0.5, 0.6) is 0 Å². The van der Waals surface area contributed by atoms with Crippen molar-refractivity contribution in [2.45, 2.75) is 117 Å². The zero-order chi connectivity index (χ0) is 22.6. The van der Waals surface area contributed by atoms with Gasteiger partial charge in [0.2, 0.25) is 0 Å². The van der Waals surface area contributed by atoms with Gasteiger partial charge in [0, 0.05) is 26.2 Å². The Morgan fingerprint density at radius 2 is 1.53 bits per heavy atom. The van der Waals surface area contributed by atoms with Crippen molar-refractivity contribution in [2.24, 2.45) is 0 Å². The molecule has 1 fully saturated rings. The van der Waals surface area contributed by atoms with E-state index in [4.69, 9.17) is 18.9 Å². The normalized spacial score (nSPS) is 24.8. The molecule has 0 aromatic rings. The molecule has 0 aromatic carbocycles. The number of carbonyl (C=O) groups is 1. The average molecular weight is 432 g/mol. The first kappa shape index (κ1) is 27.1. The molecule has 0 aliphatic carbocycles. The van der Waals surface area contributed by atoms with Gasteiger partial charge in [-0.15, -0.1) is 0 Å². The van der Waals surface area contributed by atoms with E-state index in [1.54, 1.807) is 0 Å². The summed E-state index contributed by atoms with van der Waals surface area (Å²) >= 11 is 0. The maximum Gasteiger partial charge on any atom is 0.412 e. The summed E-state index contributed by atoms with van der Waals surface area (Å²) in [6.07, 6.45) is 3.99. The molecule has 0 saturated carbocycles. The summed E-state index contributed by atoms with van der Waals surface area (Å²) in [6, 6.07) is -0.469. The molecular weight excluding hydrogens is 386 g/mol. The van der Waals surface area contributed by atoms with E-state index in [-0.39, 0.29) is 18.8 Å². The summed E-state index contributed by atoms with van der Waals surface area (Å²) in [7, 11) is 0. The third-order valence-corrected chi connectivity index (χ3v) is 5.04. The molecule has 1 amide bonds. The molecule has 2 unspecified atom stereocenters. The van der Waals surface area contributed by atoms with Crippen molar-refractivity contribution in [3.63, 3.8) is 0 Å². The molecule has 0 bridgehead atoms. The molecule has 0 radical (unpaired) electrons. The predicted molar refractivity (Wildman–Crippen MR) is 118 cm³/mol. The van der Waals surface area contributed by atoms with Crippen LogP contribution in [0.4, 0.5) is 4.79 Å². The molecule has 1 aliphatic heterocycles. The number of hydrogen-bond acceptors (Lipinski definition) is 6. The maximum absolute atomic E-state index is 13.0. The fraction of sp³-hybridized carbons (Fsp3) is 0.957. The number of amides is 1. The Morgan fingerprint density at radius 1 is 0.967 bits per heavy atom. The van der Waals surface area contributed by atoms with Gasteiger partial charge in [-0.3, -0.25) is 4.90 Å². The van der Waals surface area contributed by atoms with E-state index in [0.717, 1.165) is 38.5 Å². The number of piperidine rings is 1. The molecule has 1 aliphatic rings. The van der Waals surface area contributed by atoms with Crippen LogP contribution in [-0.4, -0.2) is 72.6 Å². The summed E-state index contributed by atoms with van der Waals surface area (Å²) in [4.78, 5) is 14.4. The third-order valence-electron chi connectivity index (χ3n) is 5.04. The van der Waals surface area contributed by atoms with Gasteiger partial charge in [-0.1, -0.05) is 40.0 Å². The number of likely N-dealkylation sites (tertiary alicyclic amines) is 1. The van der Waals surface area contributed by atoms with Crippen LogP contribution < -0.4 is 0 Å².